The molecule has 2 heterocycles. The van der Waals surface area contributed by atoms with Crippen molar-refractivity contribution in [3.63, 3.8) is 0 Å². The number of fused-ring (bicyclic) bond motifs is 1. The number of amidine groups is 1. The fraction of sp³-hybridized carbons (Fsp3) is 0.250. The summed E-state index contributed by atoms with van der Waals surface area (Å²) in [6.07, 6.45) is 1.96. The monoisotopic (exact) mass is 217 g/mol. The molecule has 16 heavy (non-hydrogen) atoms. The second-order valence-corrected chi connectivity index (χ2v) is 3.90. The summed E-state index contributed by atoms with van der Waals surface area (Å²) in [6, 6.07) is 6.83. The topological polar surface area (TPSA) is 29.3 Å². The molecule has 0 saturated carbocycles. The highest BCUT2D eigenvalue weighted by atomic mass is 19.1. The molecule has 4 heteroatoms. The molecule has 0 saturated heterocycles. The Balaban J connectivity index is 1.99. The predicted octanol–water partition coefficient (Wildman–Crippen LogP) is 1.78. The highest BCUT2D eigenvalue weighted by Gasteiger charge is 2.08. The van der Waals surface area contributed by atoms with Crippen molar-refractivity contribution in [2.75, 3.05) is 13.1 Å². The third kappa shape index (κ3) is 1.56. The molecule has 3 rings (SSSR count). The first kappa shape index (κ1) is 9.39. The van der Waals surface area contributed by atoms with Crippen LogP contribution in [0, 0.1) is 5.82 Å². The first-order valence-electron chi connectivity index (χ1n) is 5.34. The van der Waals surface area contributed by atoms with E-state index < -0.39 is 0 Å². The van der Waals surface area contributed by atoms with Crippen LogP contribution in [0.25, 0.3) is 10.9 Å². The van der Waals surface area contributed by atoms with Crippen molar-refractivity contribution in [2.24, 2.45) is 4.99 Å². The Hall–Kier alpha value is -1.84. The van der Waals surface area contributed by atoms with Crippen LogP contribution in [0.15, 0.2) is 35.5 Å². The van der Waals surface area contributed by atoms with Crippen molar-refractivity contribution in [2.45, 2.75) is 6.54 Å². The Morgan fingerprint density at radius 2 is 2.31 bits per heavy atom. The Labute approximate surface area is 92.6 Å². The Morgan fingerprint density at radius 3 is 3.12 bits per heavy atom. The molecule has 0 radical (unpaired) electrons. The summed E-state index contributed by atoms with van der Waals surface area (Å²) in [5.74, 6) is 0.774. The van der Waals surface area contributed by atoms with Crippen LogP contribution >= 0.6 is 0 Å². The van der Waals surface area contributed by atoms with Gasteiger partial charge in [-0.2, -0.15) is 0 Å². The molecule has 82 valence electrons. The number of aromatic nitrogens is 1. The molecule has 0 bridgehead atoms. The maximum atomic E-state index is 13.1. The average molecular weight is 217 g/mol. The molecule has 0 aliphatic carbocycles. The minimum atomic E-state index is -0.200. The van der Waals surface area contributed by atoms with E-state index in [1.807, 2.05) is 16.8 Å². The van der Waals surface area contributed by atoms with E-state index in [0.717, 1.165) is 29.8 Å². The van der Waals surface area contributed by atoms with Crippen LogP contribution in [0.2, 0.25) is 0 Å². The van der Waals surface area contributed by atoms with Gasteiger partial charge in [0.2, 0.25) is 0 Å². The first-order valence-corrected chi connectivity index (χ1v) is 5.34. The molecule has 1 aliphatic heterocycles. The molecule has 3 nitrogen and oxygen atoms in total. The molecule has 0 fully saturated rings. The molecule has 0 spiro atoms. The SMILES string of the molecule is Fc1ccc2ccn(CC3=NCCN3)c2c1. The minimum absolute atomic E-state index is 0.200. The summed E-state index contributed by atoms with van der Waals surface area (Å²) in [6.45, 7) is 2.43. The van der Waals surface area contributed by atoms with E-state index >= 15 is 0 Å². The molecule has 2 aromatic rings. The predicted molar refractivity (Wildman–Crippen MR) is 62.2 cm³/mol. The maximum absolute atomic E-state index is 13.1. The highest BCUT2D eigenvalue weighted by Crippen LogP contribution is 2.17. The Kier molecular flexibility index (Phi) is 2.13. The lowest BCUT2D eigenvalue weighted by molar-refractivity contribution is 0.628. The van der Waals surface area contributed by atoms with Gasteiger partial charge in [0.25, 0.3) is 0 Å². The van der Waals surface area contributed by atoms with Gasteiger partial charge in [-0.05, 0) is 29.7 Å². The highest BCUT2D eigenvalue weighted by molar-refractivity contribution is 5.86. The molecule has 0 amide bonds. The minimum Gasteiger partial charge on any atom is -0.370 e. The third-order valence-electron chi connectivity index (χ3n) is 2.80. The molecule has 1 aromatic heterocycles. The van der Waals surface area contributed by atoms with Crippen LogP contribution in [0.4, 0.5) is 4.39 Å². The smallest absolute Gasteiger partial charge is 0.125 e. The first-order chi connectivity index (χ1) is 7.83. The summed E-state index contributed by atoms with van der Waals surface area (Å²) < 4.78 is 15.2. The van der Waals surface area contributed by atoms with E-state index in [9.17, 15) is 4.39 Å². The van der Waals surface area contributed by atoms with Gasteiger partial charge in [-0.3, -0.25) is 4.99 Å². The van der Waals surface area contributed by atoms with Crippen molar-refractivity contribution in [3.05, 3.63) is 36.3 Å². The van der Waals surface area contributed by atoms with Gasteiger partial charge in [0.15, 0.2) is 0 Å². The number of hydrogen-bond acceptors (Lipinski definition) is 2. The quantitative estimate of drug-likeness (QED) is 0.816. The second kappa shape index (κ2) is 3.63. The van der Waals surface area contributed by atoms with Gasteiger partial charge in [0.1, 0.15) is 11.7 Å². The Bertz CT molecular complexity index is 556. The maximum Gasteiger partial charge on any atom is 0.125 e. The normalized spacial score (nSPS) is 15.2. The summed E-state index contributed by atoms with van der Waals surface area (Å²) >= 11 is 0. The molecule has 0 atom stereocenters. The van der Waals surface area contributed by atoms with E-state index in [4.69, 9.17) is 0 Å². The largest absolute Gasteiger partial charge is 0.370 e. The van der Waals surface area contributed by atoms with Crippen molar-refractivity contribution >= 4 is 16.7 Å². The van der Waals surface area contributed by atoms with Gasteiger partial charge in [-0.1, -0.05) is 0 Å². The zero-order valence-corrected chi connectivity index (χ0v) is 8.78. The van der Waals surface area contributed by atoms with Crippen molar-refractivity contribution in [1.82, 2.24) is 9.88 Å². The van der Waals surface area contributed by atoms with Gasteiger partial charge < -0.3 is 9.88 Å². The number of nitrogens with one attached hydrogen (secondary N) is 1. The van der Waals surface area contributed by atoms with Crippen LogP contribution in [-0.4, -0.2) is 23.5 Å². The third-order valence-corrected chi connectivity index (χ3v) is 2.80. The van der Waals surface area contributed by atoms with Crippen LogP contribution < -0.4 is 5.32 Å². The van der Waals surface area contributed by atoms with Crippen LogP contribution in [0.1, 0.15) is 0 Å². The van der Waals surface area contributed by atoms with Crippen LogP contribution in [0.5, 0.6) is 0 Å². The lowest BCUT2D eigenvalue weighted by Crippen LogP contribution is -2.23. The summed E-state index contributed by atoms with van der Waals surface area (Å²) in [4.78, 5) is 4.33. The molecule has 1 N–H and O–H groups in total. The van der Waals surface area contributed by atoms with Crippen molar-refractivity contribution in [1.29, 1.82) is 0 Å². The van der Waals surface area contributed by atoms with Gasteiger partial charge in [0.05, 0.1) is 18.6 Å². The second-order valence-electron chi connectivity index (χ2n) is 3.90. The van der Waals surface area contributed by atoms with E-state index in [2.05, 4.69) is 10.3 Å². The lowest BCUT2D eigenvalue weighted by atomic mass is 10.2. The van der Waals surface area contributed by atoms with Gasteiger partial charge in [0, 0.05) is 12.7 Å². The zero-order chi connectivity index (χ0) is 11.0. The molecule has 1 aliphatic rings. The van der Waals surface area contributed by atoms with Crippen molar-refractivity contribution in [3.8, 4) is 0 Å². The summed E-state index contributed by atoms with van der Waals surface area (Å²) in [5.41, 5.74) is 0.913. The number of benzene rings is 1. The average Bonchev–Trinajstić information content (AvgIpc) is 2.90. The molecular formula is C12H12FN3. The van der Waals surface area contributed by atoms with E-state index in [0.29, 0.717) is 6.54 Å². The van der Waals surface area contributed by atoms with E-state index in [1.165, 1.54) is 6.07 Å². The van der Waals surface area contributed by atoms with Gasteiger partial charge in [-0.25, -0.2) is 4.39 Å². The fourth-order valence-corrected chi connectivity index (χ4v) is 2.01. The van der Waals surface area contributed by atoms with E-state index in [1.54, 1.807) is 12.1 Å². The summed E-state index contributed by atoms with van der Waals surface area (Å²) in [7, 11) is 0. The van der Waals surface area contributed by atoms with Gasteiger partial charge in [-0.15, -0.1) is 0 Å². The molecular weight excluding hydrogens is 205 g/mol. The van der Waals surface area contributed by atoms with Crippen LogP contribution in [-0.2, 0) is 6.54 Å². The van der Waals surface area contributed by atoms with Crippen molar-refractivity contribution < 1.29 is 4.39 Å². The number of aliphatic imine (C=N–C) groups is 1. The summed E-state index contributed by atoms with van der Waals surface area (Å²) in [5, 5.41) is 4.27. The van der Waals surface area contributed by atoms with E-state index in [-0.39, 0.29) is 5.82 Å². The molecule has 1 aromatic carbocycles. The Morgan fingerprint density at radius 1 is 1.38 bits per heavy atom. The number of halogens is 1. The van der Waals surface area contributed by atoms with Gasteiger partial charge >= 0.3 is 0 Å². The van der Waals surface area contributed by atoms with Crippen LogP contribution in [0.3, 0.4) is 0 Å². The number of nitrogens with zero attached hydrogens (tertiary/aromatic N) is 2. The lowest BCUT2D eigenvalue weighted by Gasteiger charge is -2.05. The fourth-order valence-electron chi connectivity index (χ4n) is 2.01. The zero-order valence-electron chi connectivity index (χ0n) is 8.78. The molecule has 0 unspecified atom stereocenters. The standard InChI is InChI=1S/C12H12FN3/c13-10-2-1-9-3-6-16(11(9)7-10)8-12-14-4-5-15-12/h1-3,6-7H,4-5,8H2,(H,14,15). The number of hydrogen-bond donors (Lipinski definition) is 1. The number of rotatable bonds is 2.